The van der Waals surface area contributed by atoms with E-state index in [4.69, 9.17) is 10.8 Å². The van der Waals surface area contributed by atoms with Gasteiger partial charge in [0.15, 0.2) is 0 Å². The lowest BCUT2D eigenvalue weighted by atomic mass is 10.0. The fraction of sp³-hybridized carbons (Fsp3) is 0.286. The van der Waals surface area contributed by atoms with Crippen molar-refractivity contribution >= 4 is 33.2 Å². The molecule has 0 aliphatic carbocycles. The summed E-state index contributed by atoms with van der Waals surface area (Å²) in [6.45, 7) is 1.48. The van der Waals surface area contributed by atoms with E-state index in [1.807, 2.05) is 5.38 Å². The lowest BCUT2D eigenvalue weighted by Gasteiger charge is -2.16. The van der Waals surface area contributed by atoms with Gasteiger partial charge in [0.25, 0.3) is 0 Å². The van der Waals surface area contributed by atoms with Gasteiger partial charge < -0.3 is 10.8 Å². The van der Waals surface area contributed by atoms with Gasteiger partial charge in [0.05, 0.1) is 0 Å². The van der Waals surface area contributed by atoms with Crippen LogP contribution in [0.3, 0.4) is 0 Å². The Morgan fingerprint density at radius 1 is 1.83 bits per heavy atom. The third kappa shape index (κ3) is 1.68. The van der Waals surface area contributed by atoms with E-state index >= 15 is 0 Å². The first-order valence-corrected chi connectivity index (χ1v) is 4.88. The molecule has 0 aromatic carbocycles. The highest BCUT2D eigenvalue weighted by atomic mass is 79.9. The molecule has 0 amide bonds. The summed E-state index contributed by atoms with van der Waals surface area (Å²) >= 11 is 4.57. The fourth-order valence-electron chi connectivity index (χ4n) is 0.691. The predicted molar refractivity (Wildman–Crippen MR) is 51.2 cm³/mol. The van der Waals surface area contributed by atoms with Gasteiger partial charge >= 0.3 is 5.97 Å². The van der Waals surface area contributed by atoms with Crippen molar-refractivity contribution in [3.05, 3.63) is 20.8 Å². The Labute approximate surface area is 82.3 Å². The molecule has 3 N–H and O–H groups in total. The van der Waals surface area contributed by atoms with Gasteiger partial charge in [-0.3, -0.25) is 0 Å². The lowest BCUT2D eigenvalue weighted by Crippen LogP contribution is -2.40. The maximum Gasteiger partial charge on any atom is 0.328 e. The van der Waals surface area contributed by atoms with Crippen LogP contribution >= 0.6 is 27.3 Å². The SMILES string of the molecule is C[C@](N)(C(=O)O)c1cc(Br)cs1. The summed E-state index contributed by atoms with van der Waals surface area (Å²) in [7, 11) is 0. The molecule has 1 heterocycles. The topological polar surface area (TPSA) is 63.3 Å². The molecule has 0 aliphatic heterocycles. The first-order chi connectivity index (χ1) is 5.44. The molecule has 1 aromatic heterocycles. The molecule has 0 aliphatic rings. The van der Waals surface area contributed by atoms with Crippen molar-refractivity contribution in [3.63, 3.8) is 0 Å². The zero-order chi connectivity index (χ0) is 9.35. The Bertz CT molecular complexity index is 308. The van der Waals surface area contributed by atoms with Crippen molar-refractivity contribution < 1.29 is 9.90 Å². The van der Waals surface area contributed by atoms with Gasteiger partial charge in [-0.05, 0) is 28.9 Å². The second-order valence-corrected chi connectivity index (χ2v) is 4.46. The van der Waals surface area contributed by atoms with Crippen LogP contribution < -0.4 is 5.73 Å². The van der Waals surface area contributed by atoms with Crippen LogP contribution in [0.15, 0.2) is 15.9 Å². The van der Waals surface area contributed by atoms with E-state index in [0.29, 0.717) is 4.88 Å². The molecule has 12 heavy (non-hydrogen) atoms. The first kappa shape index (κ1) is 9.70. The van der Waals surface area contributed by atoms with Gasteiger partial charge in [0.2, 0.25) is 0 Å². The van der Waals surface area contributed by atoms with E-state index in [0.717, 1.165) is 4.47 Å². The third-order valence-corrected chi connectivity index (χ3v) is 3.45. The number of rotatable bonds is 2. The van der Waals surface area contributed by atoms with E-state index in [2.05, 4.69) is 15.9 Å². The molecule has 0 radical (unpaired) electrons. The number of thiophene rings is 1. The van der Waals surface area contributed by atoms with Crippen molar-refractivity contribution in [1.29, 1.82) is 0 Å². The van der Waals surface area contributed by atoms with Crippen molar-refractivity contribution in [2.45, 2.75) is 12.5 Å². The van der Waals surface area contributed by atoms with Crippen LogP contribution in [0.2, 0.25) is 0 Å². The molecule has 0 saturated heterocycles. The van der Waals surface area contributed by atoms with Crippen LogP contribution in [0.25, 0.3) is 0 Å². The van der Waals surface area contributed by atoms with Crippen LogP contribution in [0.4, 0.5) is 0 Å². The van der Waals surface area contributed by atoms with Crippen LogP contribution in [0.1, 0.15) is 11.8 Å². The minimum Gasteiger partial charge on any atom is -0.480 e. The third-order valence-electron chi connectivity index (χ3n) is 1.52. The number of halogens is 1. The Kier molecular flexibility index (Phi) is 2.55. The second-order valence-electron chi connectivity index (χ2n) is 2.64. The summed E-state index contributed by atoms with van der Waals surface area (Å²) in [6, 6.07) is 1.72. The second kappa shape index (κ2) is 3.16. The number of carbonyl (C=O) groups is 1. The quantitative estimate of drug-likeness (QED) is 0.840. The molecule has 1 atom stereocenters. The van der Waals surface area contributed by atoms with E-state index < -0.39 is 11.5 Å². The van der Waals surface area contributed by atoms with Gasteiger partial charge in [0, 0.05) is 14.7 Å². The maximum absolute atomic E-state index is 10.7. The highest BCUT2D eigenvalue weighted by Crippen LogP contribution is 2.28. The van der Waals surface area contributed by atoms with Gasteiger partial charge in [0.1, 0.15) is 5.54 Å². The standard InChI is InChI=1S/C7H8BrNO2S/c1-7(9,6(10)11)5-2-4(8)3-12-5/h2-3H,9H2,1H3,(H,10,11)/t7-/m1/s1. The molecular formula is C7H8BrNO2S. The molecule has 66 valence electrons. The molecular weight excluding hydrogens is 242 g/mol. The van der Waals surface area contributed by atoms with E-state index in [9.17, 15) is 4.79 Å². The number of nitrogens with two attached hydrogens (primary N) is 1. The fourth-order valence-corrected chi connectivity index (χ4v) is 2.19. The smallest absolute Gasteiger partial charge is 0.328 e. The molecule has 5 heteroatoms. The average molecular weight is 250 g/mol. The van der Waals surface area contributed by atoms with Crippen LogP contribution in [-0.2, 0) is 10.3 Å². The molecule has 0 spiro atoms. The van der Waals surface area contributed by atoms with Gasteiger partial charge in [-0.2, -0.15) is 0 Å². The first-order valence-electron chi connectivity index (χ1n) is 3.21. The monoisotopic (exact) mass is 249 g/mol. The van der Waals surface area contributed by atoms with E-state index in [-0.39, 0.29) is 0 Å². The number of carboxylic acids is 1. The summed E-state index contributed by atoms with van der Waals surface area (Å²) in [5.74, 6) is -1.02. The van der Waals surface area contributed by atoms with Crippen molar-refractivity contribution in [2.75, 3.05) is 0 Å². The number of hydrogen-bond donors (Lipinski definition) is 2. The Balaban J connectivity index is 3.05. The van der Waals surface area contributed by atoms with Crippen molar-refractivity contribution in [1.82, 2.24) is 0 Å². The normalized spacial score (nSPS) is 15.6. The molecule has 3 nitrogen and oxygen atoms in total. The van der Waals surface area contributed by atoms with Crippen LogP contribution in [-0.4, -0.2) is 11.1 Å². The predicted octanol–water partition coefficient (Wildman–Crippen LogP) is 1.77. The largest absolute Gasteiger partial charge is 0.480 e. The zero-order valence-electron chi connectivity index (χ0n) is 6.37. The Morgan fingerprint density at radius 3 is 2.75 bits per heavy atom. The summed E-state index contributed by atoms with van der Waals surface area (Å²) in [5, 5.41) is 10.6. The van der Waals surface area contributed by atoms with Crippen LogP contribution in [0.5, 0.6) is 0 Å². The molecule has 1 rings (SSSR count). The molecule has 0 saturated carbocycles. The zero-order valence-corrected chi connectivity index (χ0v) is 8.78. The molecule has 0 unspecified atom stereocenters. The van der Waals surface area contributed by atoms with Crippen molar-refractivity contribution in [2.24, 2.45) is 5.73 Å². The van der Waals surface area contributed by atoms with E-state index in [1.54, 1.807) is 6.07 Å². The number of carboxylic acid groups (broad SMARTS) is 1. The van der Waals surface area contributed by atoms with Gasteiger partial charge in [-0.25, -0.2) is 4.79 Å². The molecule has 0 bridgehead atoms. The maximum atomic E-state index is 10.7. The minimum atomic E-state index is -1.28. The van der Waals surface area contributed by atoms with Crippen LogP contribution in [0, 0.1) is 0 Å². The van der Waals surface area contributed by atoms with Gasteiger partial charge in [-0.1, -0.05) is 0 Å². The Morgan fingerprint density at radius 2 is 2.42 bits per heavy atom. The summed E-state index contributed by atoms with van der Waals surface area (Å²) in [4.78, 5) is 11.3. The number of aliphatic carboxylic acids is 1. The van der Waals surface area contributed by atoms with Gasteiger partial charge in [-0.15, -0.1) is 11.3 Å². The lowest BCUT2D eigenvalue weighted by molar-refractivity contribution is -0.142. The minimum absolute atomic E-state index is 0.641. The summed E-state index contributed by atoms with van der Waals surface area (Å²) in [6.07, 6.45) is 0. The summed E-state index contributed by atoms with van der Waals surface area (Å²) in [5.41, 5.74) is 4.30. The van der Waals surface area contributed by atoms with Crippen molar-refractivity contribution in [3.8, 4) is 0 Å². The highest BCUT2D eigenvalue weighted by molar-refractivity contribution is 9.10. The van der Waals surface area contributed by atoms with E-state index in [1.165, 1.54) is 18.3 Å². The average Bonchev–Trinajstić information content (AvgIpc) is 2.35. The highest BCUT2D eigenvalue weighted by Gasteiger charge is 2.31. The Hall–Kier alpha value is -0.390. The summed E-state index contributed by atoms with van der Waals surface area (Å²) < 4.78 is 0.862. The molecule has 0 fully saturated rings. The molecule has 1 aromatic rings. The number of hydrogen-bond acceptors (Lipinski definition) is 3.